The molecule has 11 nitrogen and oxygen atoms in total. The topological polar surface area (TPSA) is 113 Å². The number of hydrogen-bond acceptors (Lipinski definition) is 8. The lowest BCUT2D eigenvalue weighted by molar-refractivity contribution is 0.0180. The van der Waals surface area contributed by atoms with Crippen LogP contribution in [0.3, 0.4) is 0 Å². The first-order valence-electron chi connectivity index (χ1n) is 10.2. The Kier molecular flexibility index (Phi) is 5.83. The standard InChI is InChI=1S/C20H26N8O3/c1-20(2,3)31-19(29)26-10-8-17(9-11-26)28-22-12-15(23-28)13-30-18-6-4-16(5-7-18)27-14-21-24-25-27/h4-7,12,14,17H,8-11,13H2,1-3H3. The van der Waals surface area contributed by atoms with Gasteiger partial charge in [-0.05, 0) is 68.3 Å². The van der Waals surface area contributed by atoms with E-state index >= 15 is 0 Å². The van der Waals surface area contributed by atoms with Crippen LogP contribution >= 0.6 is 0 Å². The van der Waals surface area contributed by atoms with Crippen LogP contribution < -0.4 is 4.74 Å². The predicted molar refractivity (Wildman–Crippen MR) is 110 cm³/mol. The number of hydrogen-bond donors (Lipinski definition) is 0. The second kappa shape index (κ2) is 8.70. The van der Waals surface area contributed by atoms with Crippen molar-refractivity contribution < 1.29 is 14.3 Å². The number of ether oxygens (including phenoxy) is 2. The highest BCUT2D eigenvalue weighted by atomic mass is 16.6. The maximum Gasteiger partial charge on any atom is 0.410 e. The number of piperidine rings is 1. The van der Waals surface area contributed by atoms with E-state index < -0.39 is 5.60 Å². The molecule has 2 aromatic heterocycles. The summed E-state index contributed by atoms with van der Waals surface area (Å²) in [7, 11) is 0. The van der Waals surface area contributed by atoms with Gasteiger partial charge in [-0.25, -0.2) is 9.48 Å². The van der Waals surface area contributed by atoms with Crippen LogP contribution in [0.5, 0.6) is 5.75 Å². The van der Waals surface area contributed by atoms with Gasteiger partial charge in [0.25, 0.3) is 0 Å². The van der Waals surface area contributed by atoms with E-state index in [2.05, 4.69) is 25.7 Å². The van der Waals surface area contributed by atoms with E-state index in [0.717, 1.165) is 30.0 Å². The van der Waals surface area contributed by atoms with Gasteiger partial charge in [-0.2, -0.15) is 15.0 Å². The van der Waals surface area contributed by atoms with Gasteiger partial charge in [0.1, 0.15) is 30.0 Å². The van der Waals surface area contributed by atoms with Gasteiger partial charge >= 0.3 is 6.09 Å². The highest BCUT2D eigenvalue weighted by Crippen LogP contribution is 2.23. The van der Waals surface area contributed by atoms with E-state index in [1.54, 1.807) is 20.6 Å². The maximum absolute atomic E-state index is 12.2. The van der Waals surface area contributed by atoms with Crippen molar-refractivity contribution in [2.75, 3.05) is 13.1 Å². The van der Waals surface area contributed by atoms with Crippen LogP contribution in [0.4, 0.5) is 4.79 Å². The molecule has 31 heavy (non-hydrogen) atoms. The number of nitrogens with zero attached hydrogens (tertiary/aromatic N) is 8. The van der Waals surface area contributed by atoms with Crippen molar-refractivity contribution in [1.82, 2.24) is 40.1 Å². The quantitative estimate of drug-likeness (QED) is 0.611. The molecular weight excluding hydrogens is 400 g/mol. The summed E-state index contributed by atoms with van der Waals surface area (Å²) in [5.74, 6) is 0.719. The Morgan fingerprint density at radius 2 is 1.90 bits per heavy atom. The Morgan fingerprint density at radius 1 is 1.16 bits per heavy atom. The highest BCUT2D eigenvalue weighted by molar-refractivity contribution is 5.68. The van der Waals surface area contributed by atoms with Crippen molar-refractivity contribution in [3.8, 4) is 11.4 Å². The summed E-state index contributed by atoms with van der Waals surface area (Å²) in [5.41, 5.74) is 1.11. The molecule has 164 valence electrons. The van der Waals surface area contributed by atoms with Crippen LogP contribution in [0, 0.1) is 0 Å². The SMILES string of the molecule is CC(C)(C)OC(=O)N1CCC(n2ncc(COc3ccc(-n4cnnn4)cc3)n2)CC1. The first-order valence-corrected chi connectivity index (χ1v) is 10.2. The Morgan fingerprint density at radius 3 is 2.55 bits per heavy atom. The Labute approximate surface area is 179 Å². The van der Waals surface area contributed by atoms with Crippen LogP contribution in [-0.2, 0) is 11.3 Å². The molecule has 1 saturated heterocycles. The molecule has 0 unspecified atom stereocenters. The maximum atomic E-state index is 12.2. The largest absolute Gasteiger partial charge is 0.487 e. The molecule has 1 amide bonds. The molecule has 1 aromatic carbocycles. The van der Waals surface area contributed by atoms with Gasteiger partial charge in [0, 0.05) is 13.1 Å². The summed E-state index contributed by atoms with van der Waals surface area (Å²) >= 11 is 0. The number of rotatable bonds is 5. The summed E-state index contributed by atoms with van der Waals surface area (Å²) in [4.78, 5) is 15.7. The van der Waals surface area contributed by atoms with E-state index in [0.29, 0.717) is 19.7 Å². The molecule has 1 aliphatic heterocycles. The fourth-order valence-corrected chi connectivity index (χ4v) is 3.29. The zero-order valence-electron chi connectivity index (χ0n) is 17.9. The minimum absolute atomic E-state index is 0.156. The van der Waals surface area contributed by atoms with Gasteiger partial charge in [0.05, 0.1) is 17.9 Å². The zero-order chi connectivity index (χ0) is 21.8. The number of carbonyl (C=O) groups excluding carboxylic acids is 1. The van der Waals surface area contributed by atoms with E-state index in [1.165, 1.54) is 6.33 Å². The van der Waals surface area contributed by atoms with Crippen LogP contribution in [0.15, 0.2) is 36.8 Å². The second-order valence-corrected chi connectivity index (χ2v) is 8.39. The van der Waals surface area contributed by atoms with Crippen molar-refractivity contribution in [2.45, 2.75) is 51.9 Å². The Bertz CT molecular complexity index is 986. The minimum Gasteiger partial charge on any atom is -0.487 e. The average molecular weight is 426 g/mol. The van der Waals surface area contributed by atoms with E-state index in [1.807, 2.05) is 45.0 Å². The van der Waals surface area contributed by atoms with Crippen LogP contribution in [-0.4, -0.2) is 64.9 Å². The summed E-state index contributed by atoms with van der Waals surface area (Å²) in [6.07, 6.45) is 4.56. The fraction of sp³-hybridized carbons (Fsp3) is 0.500. The molecule has 4 rings (SSSR count). The van der Waals surface area contributed by atoms with Gasteiger partial charge in [-0.1, -0.05) is 0 Å². The fourth-order valence-electron chi connectivity index (χ4n) is 3.29. The molecule has 3 heterocycles. The number of tetrazole rings is 1. The van der Waals surface area contributed by atoms with Gasteiger partial charge in [-0.3, -0.25) is 0 Å². The first-order chi connectivity index (χ1) is 14.9. The Hall–Kier alpha value is -3.50. The third kappa shape index (κ3) is 5.36. The molecule has 0 aliphatic carbocycles. The molecular formula is C20H26N8O3. The number of amides is 1. The molecule has 3 aromatic rings. The molecule has 0 atom stereocenters. The number of likely N-dealkylation sites (tertiary alicyclic amines) is 1. The number of carbonyl (C=O) groups is 1. The van der Waals surface area contributed by atoms with Gasteiger partial charge in [-0.15, -0.1) is 5.10 Å². The number of aromatic nitrogens is 7. The van der Waals surface area contributed by atoms with Crippen molar-refractivity contribution in [2.24, 2.45) is 0 Å². The third-order valence-electron chi connectivity index (χ3n) is 4.84. The van der Waals surface area contributed by atoms with Crippen molar-refractivity contribution >= 4 is 6.09 Å². The van der Waals surface area contributed by atoms with Crippen molar-refractivity contribution in [3.63, 3.8) is 0 Å². The number of benzene rings is 1. The molecule has 0 saturated carbocycles. The summed E-state index contributed by atoms with van der Waals surface area (Å²) in [5, 5.41) is 20.0. The zero-order valence-corrected chi connectivity index (χ0v) is 17.9. The predicted octanol–water partition coefficient (Wildman–Crippen LogP) is 2.40. The summed E-state index contributed by atoms with van der Waals surface area (Å²) in [6.45, 7) is 7.19. The van der Waals surface area contributed by atoms with Crippen LogP contribution in [0.2, 0.25) is 0 Å². The molecule has 1 aliphatic rings. The lowest BCUT2D eigenvalue weighted by Gasteiger charge is -2.32. The van der Waals surface area contributed by atoms with E-state index in [4.69, 9.17) is 9.47 Å². The third-order valence-corrected chi connectivity index (χ3v) is 4.84. The van der Waals surface area contributed by atoms with Crippen LogP contribution in [0.25, 0.3) is 5.69 Å². The minimum atomic E-state index is -0.486. The molecule has 0 N–H and O–H groups in total. The smallest absolute Gasteiger partial charge is 0.410 e. The van der Waals surface area contributed by atoms with Gasteiger partial charge < -0.3 is 14.4 Å². The molecule has 0 radical (unpaired) electrons. The molecule has 0 bridgehead atoms. The van der Waals surface area contributed by atoms with Gasteiger partial charge in [0.15, 0.2) is 0 Å². The van der Waals surface area contributed by atoms with Crippen molar-refractivity contribution in [1.29, 1.82) is 0 Å². The van der Waals surface area contributed by atoms with E-state index in [-0.39, 0.29) is 12.1 Å². The Balaban J connectivity index is 1.27. The lowest BCUT2D eigenvalue weighted by atomic mass is 10.1. The highest BCUT2D eigenvalue weighted by Gasteiger charge is 2.28. The van der Waals surface area contributed by atoms with Gasteiger partial charge in [0.2, 0.25) is 0 Å². The normalized spacial score (nSPS) is 15.1. The van der Waals surface area contributed by atoms with E-state index in [9.17, 15) is 4.79 Å². The molecule has 0 spiro atoms. The molecule has 1 fully saturated rings. The lowest BCUT2D eigenvalue weighted by Crippen LogP contribution is -2.42. The van der Waals surface area contributed by atoms with Crippen molar-refractivity contribution in [3.05, 3.63) is 42.5 Å². The summed E-state index contributed by atoms with van der Waals surface area (Å²) in [6, 6.07) is 7.62. The first kappa shape index (κ1) is 20.8. The second-order valence-electron chi connectivity index (χ2n) is 8.39. The monoisotopic (exact) mass is 426 g/mol. The van der Waals surface area contributed by atoms with Crippen LogP contribution in [0.1, 0.15) is 45.3 Å². The average Bonchev–Trinajstić information content (AvgIpc) is 3.44. The summed E-state index contributed by atoms with van der Waals surface area (Å²) < 4.78 is 12.8. The molecule has 11 heteroatoms.